The number of hydrogen-bond donors (Lipinski definition) is 2. The van der Waals surface area contributed by atoms with Gasteiger partial charge in [-0.3, -0.25) is 14.6 Å². The number of methoxy groups -OCH3 is 1. The van der Waals surface area contributed by atoms with Gasteiger partial charge in [-0.2, -0.15) is 12.7 Å². The second kappa shape index (κ2) is 16.3. The van der Waals surface area contributed by atoms with Crippen molar-refractivity contribution in [2.45, 2.75) is 63.5 Å². The first-order valence-corrected chi connectivity index (χ1v) is 20.8. The maximum atomic E-state index is 14.3. The number of carbonyl (C=O) groups excluding carboxylic acids is 2. The van der Waals surface area contributed by atoms with E-state index in [9.17, 15) is 18.0 Å². The summed E-state index contributed by atoms with van der Waals surface area (Å²) >= 11 is 0. The van der Waals surface area contributed by atoms with Gasteiger partial charge in [0.25, 0.3) is 11.8 Å². The standard InChI is InChI=1S/C41H53N7O6S/c1-43-38(35(24-42)41(50)46-16-8-11-31(26-46)45(2)3)30-21-29-22-32(53-4)13-15-33(29)39-37(27-9-6-5-7-10-27)34-14-12-28(23-36(34)48(39)25-30)40(49)44-55(51,52)47-17-19-54-20-18-47/h12-15,21-24,27,31H,5-11,16-20,25-26,42H2,1-4H3,(H,44,49). The Hall–Kier alpha value is -4.50. The van der Waals surface area contributed by atoms with Crippen LogP contribution >= 0.6 is 0 Å². The molecular weight excluding hydrogens is 719 g/mol. The van der Waals surface area contributed by atoms with E-state index in [2.05, 4.69) is 26.3 Å². The van der Waals surface area contributed by atoms with E-state index < -0.39 is 16.1 Å². The summed E-state index contributed by atoms with van der Waals surface area (Å²) in [6.07, 6.45) is 10.9. The molecule has 55 heavy (non-hydrogen) atoms. The number of likely N-dealkylation sites (N-methyl/N-ethyl adjacent to an activating group) is 1. The Bertz CT molecular complexity index is 2160. The molecule has 0 radical (unpaired) electrons. The van der Waals surface area contributed by atoms with E-state index in [-0.39, 0.29) is 49.7 Å². The van der Waals surface area contributed by atoms with E-state index >= 15 is 0 Å². The normalized spacial score (nSPS) is 20.5. The lowest BCUT2D eigenvalue weighted by Gasteiger charge is -2.36. The molecule has 1 aliphatic carbocycles. The molecule has 1 aromatic heterocycles. The highest BCUT2D eigenvalue weighted by Gasteiger charge is 2.34. The molecule has 1 saturated carbocycles. The molecule has 2 aromatic carbocycles. The number of aromatic nitrogens is 1. The van der Waals surface area contributed by atoms with E-state index in [1.165, 1.54) is 22.5 Å². The molecule has 7 rings (SSSR count). The number of piperidine rings is 1. The smallest absolute Gasteiger partial charge is 0.304 e. The molecule has 2 amide bonds. The summed E-state index contributed by atoms with van der Waals surface area (Å²) in [5.41, 5.74) is 13.1. The third-order valence-electron chi connectivity index (χ3n) is 11.7. The molecule has 3 N–H and O–H groups in total. The van der Waals surface area contributed by atoms with E-state index in [1.54, 1.807) is 26.3 Å². The Morgan fingerprint density at radius 3 is 2.47 bits per heavy atom. The maximum absolute atomic E-state index is 14.3. The van der Waals surface area contributed by atoms with Crippen molar-refractivity contribution in [1.29, 1.82) is 0 Å². The van der Waals surface area contributed by atoms with Crippen LogP contribution in [0.25, 0.3) is 28.2 Å². The monoisotopic (exact) mass is 771 g/mol. The molecule has 1 unspecified atom stereocenters. The highest BCUT2D eigenvalue weighted by atomic mass is 32.2. The first kappa shape index (κ1) is 38.8. The van der Waals surface area contributed by atoms with Gasteiger partial charge in [0.15, 0.2) is 0 Å². The molecule has 0 bridgehead atoms. The van der Waals surface area contributed by atoms with Gasteiger partial charge in [0.2, 0.25) is 0 Å². The quantitative estimate of drug-likeness (QED) is 0.238. The lowest BCUT2D eigenvalue weighted by atomic mass is 9.81. The SMILES string of the molecule is CN=C(C1=Cc2cc(OC)ccc2-c2c(C3CCCCC3)c3ccc(C(=O)NS(=O)(=O)N4CCOCC4)cc3n2C1)C(=CN)C(=O)N1CCCC(N(C)C)C1. The molecule has 3 aliphatic heterocycles. The number of morpholine rings is 1. The summed E-state index contributed by atoms with van der Waals surface area (Å²) in [6, 6.07) is 11.8. The number of nitrogens with zero attached hydrogens (tertiary/aromatic N) is 5. The van der Waals surface area contributed by atoms with Crippen LogP contribution in [0.1, 0.15) is 72.3 Å². The Morgan fingerprint density at radius 2 is 1.78 bits per heavy atom. The minimum atomic E-state index is -4.07. The van der Waals surface area contributed by atoms with Gasteiger partial charge in [-0.15, -0.1) is 0 Å². The van der Waals surface area contributed by atoms with Crippen molar-refractivity contribution in [2.24, 2.45) is 10.7 Å². The number of amides is 2. The van der Waals surface area contributed by atoms with Gasteiger partial charge in [0.1, 0.15) is 5.75 Å². The Labute approximate surface area is 324 Å². The number of aliphatic imine (C=N–C) groups is 1. The van der Waals surface area contributed by atoms with Crippen molar-refractivity contribution in [3.8, 4) is 17.0 Å². The topological polar surface area (TPSA) is 152 Å². The van der Waals surface area contributed by atoms with Crippen molar-refractivity contribution in [1.82, 2.24) is 23.4 Å². The fraction of sp³-hybridized carbons (Fsp3) is 0.488. The van der Waals surface area contributed by atoms with Gasteiger partial charge < -0.3 is 29.6 Å². The number of benzene rings is 2. The van der Waals surface area contributed by atoms with Crippen molar-refractivity contribution < 1.29 is 27.5 Å². The van der Waals surface area contributed by atoms with Gasteiger partial charge in [-0.05, 0) is 98.8 Å². The highest BCUT2D eigenvalue weighted by molar-refractivity contribution is 7.87. The number of rotatable bonds is 9. The zero-order valence-electron chi connectivity index (χ0n) is 32.3. The van der Waals surface area contributed by atoms with Crippen molar-refractivity contribution in [3.05, 3.63) is 70.4 Å². The summed E-state index contributed by atoms with van der Waals surface area (Å²) in [5.74, 6) is 0.119. The predicted molar refractivity (Wildman–Crippen MR) is 215 cm³/mol. The number of likely N-dealkylation sites (tertiary alicyclic amines) is 1. The first-order chi connectivity index (χ1) is 26.5. The lowest BCUT2D eigenvalue weighted by Crippen LogP contribution is -2.48. The number of hydrogen-bond acceptors (Lipinski definition) is 9. The van der Waals surface area contributed by atoms with E-state index in [0.717, 1.165) is 71.8 Å². The highest BCUT2D eigenvalue weighted by Crippen LogP contribution is 2.47. The fourth-order valence-corrected chi connectivity index (χ4v) is 9.88. The number of carbonyl (C=O) groups is 2. The second-order valence-corrected chi connectivity index (χ2v) is 16.8. The van der Waals surface area contributed by atoms with E-state index in [4.69, 9.17) is 20.2 Å². The molecule has 1 atom stereocenters. The second-order valence-electron chi connectivity index (χ2n) is 15.1. The van der Waals surface area contributed by atoms with Crippen molar-refractivity contribution in [3.63, 3.8) is 0 Å². The molecule has 4 aliphatic rings. The van der Waals surface area contributed by atoms with Crippen LogP contribution in [0, 0.1) is 0 Å². The average molecular weight is 772 g/mol. The number of nitrogens with one attached hydrogen (secondary N) is 1. The van der Waals surface area contributed by atoms with Crippen LogP contribution in [-0.4, -0.2) is 118 Å². The van der Waals surface area contributed by atoms with Crippen LogP contribution < -0.4 is 15.2 Å². The summed E-state index contributed by atoms with van der Waals surface area (Å²) in [5, 5.41) is 1.02. The molecule has 3 aromatic rings. The largest absolute Gasteiger partial charge is 0.497 e. The van der Waals surface area contributed by atoms with Gasteiger partial charge in [0.05, 0.1) is 43.8 Å². The number of ether oxygens (including phenoxy) is 2. The van der Waals surface area contributed by atoms with Gasteiger partial charge >= 0.3 is 10.2 Å². The molecule has 294 valence electrons. The summed E-state index contributed by atoms with van der Waals surface area (Å²) in [7, 11) is 3.33. The minimum Gasteiger partial charge on any atom is -0.497 e. The summed E-state index contributed by atoms with van der Waals surface area (Å²) in [4.78, 5) is 36.8. The van der Waals surface area contributed by atoms with Crippen LogP contribution in [0.2, 0.25) is 0 Å². The molecule has 14 heteroatoms. The van der Waals surface area contributed by atoms with Crippen LogP contribution in [0.5, 0.6) is 5.75 Å². The van der Waals surface area contributed by atoms with Crippen molar-refractivity contribution in [2.75, 3.05) is 67.6 Å². The minimum absolute atomic E-state index is 0.161. The van der Waals surface area contributed by atoms with Crippen molar-refractivity contribution >= 4 is 44.7 Å². The number of nitrogens with two attached hydrogens (primary N) is 1. The Morgan fingerprint density at radius 1 is 1.02 bits per heavy atom. The Balaban J connectivity index is 1.36. The van der Waals surface area contributed by atoms with Gasteiger partial charge in [-0.1, -0.05) is 25.3 Å². The summed E-state index contributed by atoms with van der Waals surface area (Å²) < 4.78 is 43.2. The molecule has 4 heterocycles. The third-order valence-corrected chi connectivity index (χ3v) is 13.2. The number of allylic oxidation sites excluding steroid dienone is 1. The molecule has 2 saturated heterocycles. The average Bonchev–Trinajstić information content (AvgIpc) is 3.42. The molecule has 3 fully saturated rings. The molecule has 0 spiro atoms. The van der Waals surface area contributed by atoms with Crippen LogP contribution in [0.3, 0.4) is 0 Å². The zero-order chi connectivity index (χ0) is 38.9. The zero-order valence-corrected chi connectivity index (χ0v) is 33.2. The number of fused-ring (bicyclic) bond motifs is 5. The predicted octanol–water partition coefficient (Wildman–Crippen LogP) is 4.53. The van der Waals surface area contributed by atoms with Gasteiger partial charge in [-0.25, -0.2) is 4.72 Å². The van der Waals surface area contributed by atoms with Gasteiger partial charge in [0, 0.05) is 67.5 Å². The first-order valence-electron chi connectivity index (χ1n) is 19.3. The van der Waals surface area contributed by atoms with Crippen LogP contribution in [0.4, 0.5) is 0 Å². The van der Waals surface area contributed by atoms with Crippen LogP contribution in [-0.2, 0) is 26.3 Å². The lowest BCUT2D eigenvalue weighted by molar-refractivity contribution is -0.128. The summed E-state index contributed by atoms with van der Waals surface area (Å²) in [6.45, 7) is 2.46. The van der Waals surface area contributed by atoms with E-state index in [0.29, 0.717) is 36.7 Å². The van der Waals surface area contributed by atoms with Crippen LogP contribution in [0.15, 0.2) is 58.7 Å². The fourth-order valence-electron chi connectivity index (χ4n) is 8.77. The molecule has 13 nitrogen and oxygen atoms in total. The maximum Gasteiger partial charge on any atom is 0.304 e. The third kappa shape index (κ3) is 7.69. The van der Waals surface area contributed by atoms with E-state index in [1.807, 2.05) is 37.2 Å². The molecular formula is C41H53N7O6S. The Kier molecular flexibility index (Phi) is 11.5.